The summed E-state index contributed by atoms with van der Waals surface area (Å²) in [6, 6.07) is 17.2. The summed E-state index contributed by atoms with van der Waals surface area (Å²) in [5.74, 6) is -0.401. The number of phenolic OH excluding ortho intramolecular Hbond substituents is 1. The molecule has 0 unspecified atom stereocenters. The van der Waals surface area contributed by atoms with Gasteiger partial charge in [0.05, 0.1) is 0 Å². The SMILES string of the molecule is O=S1(=O)Oc2cc3c(ccc4c5ccccc5ccc34)c(O)c2O1. The van der Waals surface area contributed by atoms with E-state index in [4.69, 9.17) is 8.37 Å². The molecule has 0 fully saturated rings. The van der Waals surface area contributed by atoms with Gasteiger partial charge in [-0.15, -0.1) is 8.42 Å². The molecule has 1 aliphatic rings. The summed E-state index contributed by atoms with van der Waals surface area (Å²) in [5.41, 5.74) is 0. The third kappa shape index (κ3) is 1.71. The minimum absolute atomic E-state index is 0.000610. The molecule has 1 N–H and O–H groups in total. The Morgan fingerprint density at radius 3 is 2.33 bits per heavy atom. The van der Waals surface area contributed by atoms with Crippen LogP contribution in [0.15, 0.2) is 54.6 Å². The molecule has 24 heavy (non-hydrogen) atoms. The fraction of sp³-hybridized carbons (Fsp3) is 0. The van der Waals surface area contributed by atoms with E-state index in [1.54, 1.807) is 12.1 Å². The molecule has 1 heterocycles. The Morgan fingerprint density at radius 2 is 1.46 bits per heavy atom. The van der Waals surface area contributed by atoms with Crippen molar-refractivity contribution < 1.29 is 21.9 Å². The smallest absolute Gasteiger partial charge is 0.501 e. The second-order valence-corrected chi connectivity index (χ2v) is 6.82. The molecule has 0 bridgehead atoms. The summed E-state index contributed by atoms with van der Waals surface area (Å²) in [4.78, 5) is 0. The van der Waals surface area contributed by atoms with Crippen LogP contribution in [0.3, 0.4) is 0 Å². The first-order chi connectivity index (χ1) is 11.5. The zero-order chi connectivity index (χ0) is 16.5. The standard InChI is InChI=1S/C18H10O5S/c19-17-14-8-7-12-11-4-2-1-3-10(11)5-6-13(12)15(14)9-16-18(17)23-24(20,21)22-16/h1-9,19H. The monoisotopic (exact) mass is 338 g/mol. The van der Waals surface area contributed by atoms with Gasteiger partial charge in [-0.05, 0) is 39.1 Å². The highest BCUT2D eigenvalue weighted by Crippen LogP contribution is 2.49. The largest absolute Gasteiger partial charge is 0.504 e. The number of rotatable bonds is 0. The topological polar surface area (TPSA) is 72.8 Å². The Hall–Kier alpha value is -2.99. The molecular formula is C18H10O5S. The molecule has 5 rings (SSSR count). The van der Waals surface area contributed by atoms with E-state index in [0.717, 1.165) is 21.5 Å². The van der Waals surface area contributed by atoms with E-state index in [2.05, 4.69) is 0 Å². The first kappa shape index (κ1) is 13.4. The summed E-state index contributed by atoms with van der Waals surface area (Å²) in [6.45, 7) is 0. The number of fused-ring (bicyclic) bond motifs is 6. The molecule has 0 saturated heterocycles. The van der Waals surface area contributed by atoms with Gasteiger partial charge in [0, 0.05) is 5.39 Å². The molecule has 0 atom stereocenters. The number of phenols is 1. The van der Waals surface area contributed by atoms with Crippen LogP contribution >= 0.6 is 0 Å². The molecule has 5 nitrogen and oxygen atoms in total. The van der Waals surface area contributed by atoms with E-state index in [1.807, 2.05) is 42.5 Å². The van der Waals surface area contributed by atoms with Crippen LogP contribution in [0.2, 0.25) is 0 Å². The zero-order valence-electron chi connectivity index (χ0n) is 12.2. The van der Waals surface area contributed by atoms with E-state index in [1.165, 1.54) is 0 Å². The molecule has 0 saturated carbocycles. The maximum Gasteiger partial charge on any atom is 0.501 e. The molecule has 0 aliphatic carbocycles. The Bertz CT molecular complexity index is 1280. The molecular weight excluding hydrogens is 328 g/mol. The molecule has 1 aliphatic heterocycles. The molecule has 6 heteroatoms. The van der Waals surface area contributed by atoms with Crippen molar-refractivity contribution in [2.24, 2.45) is 0 Å². The van der Waals surface area contributed by atoms with Gasteiger partial charge in [-0.25, -0.2) is 0 Å². The van der Waals surface area contributed by atoms with Gasteiger partial charge in [0.2, 0.25) is 5.75 Å². The maximum atomic E-state index is 11.5. The lowest BCUT2D eigenvalue weighted by molar-refractivity contribution is 0.421. The molecule has 4 aromatic rings. The molecule has 118 valence electrons. The van der Waals surface area contributed by atoms with E-state index in [9.17, 15) is 13.5 Å². The number of aromatic hydroxyl groups is 1. The average molecular weight is 338 g/mol. The van der Waals surface area contributed by atoms with Crippen molar-refractivity contribution in [3.63, 3.8) is 0 Å². The van der Waals surface area contributed by atoms with Crippen molar-refractivity contribution in [1.82, 2.24) is 0 Å². The minimum Gasteiger partial charge on any atom is -0.504 e. The summed E-state index contributed by atoms with van der Waals surface area (Å²) >= 11 is 0. The van der Waals surface area contributed by atoms with Gasteiger partial charge >= 0.3 is 10.4 Å². The number of hydrogen-bond donors (Lipinski definition) is 1. The third-order valence-corrected chi connectivity index (χ3v) is 5.07. The lowest BCUT2D eigenvalue weighted by Gasteiger charge is -2.09. The van der Waals surface area contributed by atoms with Crippen LogP contribution in [0, 0.1) is 0 Å². The Balaban J connectivity index is 1.96. The summed E-state index contributed by atoms with van der Waals surface area (Å²) < 4.78 is 32.5. The van der Waals surface area contributed by atoms with E-state index >= 15 is 0 Å². The highest BCUT2D eigenvalue weighted by atomic mass is 32.3. The van der Waals surface area contributed by atoms with Gasteiger partial charge in [-0.3, -0.25) is 0 Å². The first-order valence-corrected chi connectivity index (χ1v) is 8.61. The fourth-order valence-corrected chi connectivity index (χ4v) is 4.02. The molecule has 0 amide bonds. The predicted octanol–water partition coefficient (Wildman–Crippen LogP) is 3.87. The second kappa shape index (κ2) is 4.30. The fourth-order valence-electron chi connectivity index (χ4n) is 3.28. The molecule has 0 radical (unpaired) electrons. The highest BCUT2D eigenvalue weighted by Gasteiger charge is 2.32. The van der Waals surface area contributed by atoms with Crippen molar-refractivity contribution in [2.45, 2.75) is 0 Å². The van der Waals surface area contributed by atoms with Crippen LogP contribution in [0.5, 0.6) is 17.2 Å². The van der Waals surface area contributed by atoms with Crippen LogP contribution in [-0.2, 0) is 10.4 Å². The van der Waals surface area contributed by atoms with Gasteiger partial charge in [0.15, 0.2) is 11.5 Å². The number of hydrogen-bond acceptors (Lipinski definition) is 5. The number of benzene rings is 4. The average Bonchev–Trinajstić information content (AvgIpc) is 2.89. The van der Waals surface area contributed by atoms with Gasteiger partial charge in [-0.1, -0.05) is 42.5 Å². The van der Waals surface area contributed by atoms with Crippen LogP contribution < -0.4 is 8.37 Å². The first-order valence-electron chi connectivity index (χ1n) is 7.27. The third-order valence-electron chi connectivity index (χ3n) is 4.31. The second-order valence-electron chi connectivity index (χ2n) is 5.67. The van der Waals surface area contributed by atoms with E-state index in [-0.39, 0.29) is 17.2 Å². The van der Waals surface area contributed by atoms with Gasteiger partial charge in [0.25, 0.3) is 0 Å². The van der Waals surface area contributed by atoms with E-state index < -0.39 is 10.4 Å². The predicted molar refractivity (Wildman–Crippen MR) is 90.8 cm³/mol. The summed E-state index contributed by atoms with van der Waals surface area (Å²) in [6.07, 6.45) is 0. The van der Waals surface area contributed by atoms with Crippen molar-refractivity contribution >= 4 is 42.7 Å². The van der Waals surface area contributed by atoms with Gasteiger partial charge in [-0.2, -0.15) is 0 Å². The minimum atomic E-state index is -4.15. The van der Waals surface area contributed by atoms with E-state index in [0.29, 0.717) is 10.8 Å². The van der Waals surface area contributed by atoms with Gasteiger partial charge < -0.3 is 13.5 Å². The van der Waals surface area contributed by atoms with Crippen LogP contribution in [0.4, 0.5) is 0 Å². The Morgan fingerprint density at radius 1 is 0.750 bits per heavy atom. The molecule has 4 aromatic carbocycles. The highest BCUT2D eigenvalue weighted by molar-refractivity contribution is 7.82. The van der Waals surface area contributed by atoms with Crippen LogP contribution in [-0.4, -0.2) is 13.5 Å². The Labute approximate surface area is 137 Å². The van der Waals surface area contributed by atoms with Crippen molar-refractivity contribution in [1.29, 1.82) is 0 Å². The maximum absolute atomic E-state index is 11.5. The van der Waals surface area contributed by atoms with Crippen LogP contribution in [0.1, 0.15) is 0 Å². The quantitative estimate of drug-likeness (QED) is 0.493. The summed E-state index contributed by atoms with van der Waals surface area (Å²) in [7, 11) is -4.15. The lowest BCUT2D eigenvalue weighted by atomic mass is 9.96. The zero-order valence-corrected chi connectivity index (χ0v) is 13.0. The van der Waals surface area contributed by atoms with Crippen molar-refractivity contribution in [3.05, 3.63) is 54.6 Å². The normalized spacial score (nSPS) is 15.3. The Kier molecular flexibility index (Phi) is 2.41. The van der Waals surface area contributed by atoms with Crippen LogP contribution in [0.25, 0.3) is 32.3 Å². The lowest BCUT2D eigenvalue weighted by Crippen LogP contribution is -2.08. The van der Waals surface area contributed by atoms with Gasteiger partial charge in [0.1, 0.15) is 0 Å². The van der Waals surface area contributed by atoms with Crippen molar-refractivity contribution in [2.75, 3.05) is 0 Å². The van der Waals surface area contributed by atoms with Crippen molar-refractivity contribution in [3.8, 4) is 17.2 Å². The molecule has 0 spiro atoms. The summed E-state index contributed by atoms with van der Waals surface area (Å²) in [5, 5.41) is 15.7. The molecule has 0 aromatic heterocycles.